The lowest BCUT2D eigenvalue weighted by Gasteiger charge is -2.12. The minimum atomic E-state index is -0.166. The number of anilines is 1. The number of hydrogen-bond acceptors (Lipinski definition) is 6. The fourth-order valence-corrected chi connectivity index (χ4v) is 4.13. The Labute approximate surface area is 202 Å². The first-order chi connectivity index (χ1) is 16.7. The Kier molecular flexibility index (Phi) is 7.58. The zero-order valence-corrected chi connectivity index (χ0v) is 19.5. The molecule has 34 heavy (non-hydrogen) atoms. The van der Waals surface area contributed by atoms with Gasteiger partial charge in [-0.3, -0.25) is 9.36 Å². The molecule has 0 saturated carbocycles. The van der Waals surface area contributed by atoms with Gasteiger partial charge >= 0.3 is 0 Å². The van der Waals surface area contributed by atoms with Gasteiger partial charge in [0.25, 0.3) is 0 Å². The van der Waals surface area contributed by atoms with Crippen molar-refractivity contribution in [2.45, 2.75) is 18.5 Å². The Morgan fingerprint density at radius 2 is 1.76 bits per heavy atom. The van der Waals surface area contributed by atoms with Crippen molar-refractivity contribution in [1.29, 1.82) is 5.26 Å². The molecule has 0 spiro atoms. The number of rotatable bonds is 9. The summed E-state index contributed by atoms with van der Waals surface area (Å²) in [6, 6.07) is 26.6. The van der Waals surface area contributed by atoms with Crippen molar-refractivity contribution >= 4 is 23.4 Å². The Morgan fingerprint density at radius 1 is 1.03 bits per heavy atom. The van der Waals surface area contributed by atoms with Gasteiger partial charge in [-0.15, -0.1) is 10.2 Å². The van der Waals surface area contributed by atoms with Crippen molar-refractivity contribution in [1.82, 2.24) is 14.8 Å². The van der Waals surface area contributed by atoms with Crippen LogP contribution in [0.5, 0.6) is 5.75 Å². The fraction of sp³-hybridized carbons (Fsp3) is 0.154. The molecule has 7 nitrogen and oxygen atoms in total. The summed E-state index contributed by atoms with van der Waals surface area (Å²) in [6.07, 6.45) is 0.610. The third-order valence-electron chi connectivity index (χ3n) is 4.94. The van der Waals surface area contributed by atoms with Gasteiger partial charge in [-0.25, -0.2) is 0 Å². The number of benzene rings is 3. The van der Waals surface area contributed by atoms with E-state index in [0.717, 1.165) is 22.8 Å². The summed E-state index contributed by atoms with van der Waals surface area (Å²) in [5, 5.41) is 21.2. The van der Waals surface area contributed by atoms with Gasteiger partial charge in [0, 0.05) is 17.8 Å². The summed E-state index contributed by atoms with van der Waals surface area (Å²) in [5.41, 5.74) is 3.20. The average Bonchev–Trinajstić information content (AvgIpc) is 3.27. The second-order valence-electron chi connectivity index (χ2n) is 7.35. The number of thioether (sulfide) groups is 1. The van der Waals surface area contributed by atoms with E-state index in [1.54, 1.807) is 24.3 Å². The van der Waals surface area contributed by atoms with Gasteiger partial charge in [0.2, 0.25) is 5.91 Å². The number of carbonyl (C=O) groups excluding carboxylic acids is 1. The van der Waals surface area contributed by atoms with Crippen LogP contribution in [0.2, 0.25) is 0 Å². The molecule has 4 rings (SSSR count). The lowest BCUT2D eigenvalue weighted by Crippen LogP contribution is -2.14. The van der Waals surface area contributed by atoms with Crippen LogP contribution < -0.4 is 10.1 Å². The van der Waals surface area contributed by atoms with Gasteiger partial charge in [-0.2, -0.15) is 5.26 Å². The molecule has 8 heteroatoms. The van der Waals surface area contributed by atoms with E-state index in [0.29, 0.717) is 29.4 Å². The number of hydrogen-bond donors (Lipinski definition) is 1. The molecule has 0 fully saturated rings. The number of nitrogens with zero attached hydrogens (tertiary/aromatic N) is 4. The van der Waals surface area contributed by atoms with Crippen LogP contribution in [-0.4, -0.2) is 33.0 Å². The van der Waals surface area contributed by atoms with Gasteiger partial charge in [0.05, 0.1) is 24.0 Å². The van der Waals surface area contributed by atoms with Crippen molar-refractivity contribution in [3.8, 4) is 17.5 Å². The molecule has 1 N–H and O–H groups in total. The number of ether oxygens (including phenoxy) is 1. The van der Waals surface area contributed by atoms with Crippen LogP contribution in [0.3, 0.4) is 0 Å². The molecule has 0 aliphatic rings. The van der Waals surface area contributed by atoms with Crippen molar-refractivity contribution in [3.63, 3.8) is 0 Å². The maximum Gasteiger partial charge on any atom is 0.234 e. The van der Waals surface area contributed by atoms with Crippen LogP contribution in [0.25, 0.3) is 5.69 Å². The second-order valence-corrected chi connectivity index (χ2v) is 8.29. The molecular formula is C26H23N5O2S. The highest BCUT2D eigenvalue weighted by atomic mass is 32.2. The Balaban J connectivity index is 1.53. The minimum Gasteiger partial charge on any atom is -0.494 e. The van der Waals surface area contributed by atoms with E-state index < -0.39 is 0 Å². The van der Waals surface area contributed by atoms with Crippen molar-refractivity contribution in [2.75, 3.05) is 17.7 Å². The van der Waals surface area contributed by atoms with E-state index >= 15 is 0 Å². The molecule has 1 heterocycles. The summed E-state index contributed by atoms with van der Waals surface area (Å²) in [4.78, 5) is 12.5. The van der Waals surface area contributed by atoms with E-state index in [4.69, 9.17) is 10.00 Å². The SMILES string of the molecule is CCOc1ccc(-n2c(Cc3ccccc3)nnc2SCC(=O)Nc2ccc(C#N)cc2)cc1. The third-order valence-corrected chi connectivity index (χ3v) is 5.87. The van der Waals surface area contributed by atoms with Crippen molar-refractivity contribution in [2.24, 2.45) is 0 Å². The Hall–Kier alpha value is -4.09. The number of nitrogens with one attached hydrogen (secondary N) is 1. The molecule has 0 unspecified atom stereocenters. The summed E-state index contributed by atoms with van der Waals surface area (Å²) >= 11 is 1.32. The maximum atomic E-state index is 12.5. The van der Waals surface area contributed by atoms with E-state index in [2.05, 4.69) is 33.7 Å². The van der Waals surface area contributed by atoms with E-state index in [1.165, 1.54) is 11.8 Å². The number of carbonyl (C=O) groups is 1. The van der Waals surface area contributed by atoms with Crippen LogP contribution >= 0.6 is 11.8 Å². The smallest absolute Gasteiger partial charge is 0.234 e. The predicted molar refractivity (Wildman–Crippen MR) is 132 cm³/mol. The van der Waals surface area contributed by atoms with Crippen LogP contribution in [0.1, 0.15) is 23.9 Å². The highest BCUT2D eigenvalue weighted by molar-refractivity contribution is 7.99. The second kappa shape index (κ2) is 11.2. The normalized spacial score (nSPS) is 10.5. The first-order valence-corrected chi connectivity index (χ1v) is 11.8. The fourth-order valence-electron chi connectivity index (χ4n) is 3.36. The molecule has 0 saturated heterocycles. The molecule has 0 aliphatic carbocycles. The zero-order valence-electron chi connectivity index (χ0n) is 18.6. The maximum absolute atomic E-state index is 12.5. The van der Waals surface area contributed by atoms with Gasteiger partial charge < -0.3 is 10.1 Å². The lowest BCUT2D eigenvalue weighted by molar-refractivity contribution is -0.113. The van der Waals surface area contributed by atoms with Crippen LogP contribution in [0.15, 0.2) is 84.0 Å². The molecule has 0 atom stereocenters. The van der Waals surface area contributed by atoms with Gasteiger partial charge in [0.15, 0.2) is 5.16 Å². The minimum absolute atomic E-state index is 0.166. The van der Waals surface area contributed by atoms with E-state index in [9.17, 15) is 4.79 Å². The average molecular weight is 470 g/mol. The predicted octanol–water partition coefficient (Wildman–Crippen LogP) is 4.86. The van der Waals surface area contributed by atoms with Gasteiger partial charge in [-0.05, 0) is 61.0 Å². The molecule has 0 radical (unpaired) electrons. The molecular weight excluding hydrogens is 446 g/mol. The topological polar surface area (TPSA) is 92.8 Å². The Morgan fingerprint density at radius 3 is 2.44 bits per heavy atom. The van der Waals surface area contributed by atoms with Gasteiger partial charge in [-0.1, -0.05) is 42.1 Å². The quantitative estimate of drug-likeness (QED) is 0.352. The molecule has 3 aromatic carbocycles. The van der Waals surface area contributed by atoms with E-state index in [-0.39, 0.29) is 11.7 Å². The number of amides is 1. The highest BCUT2D eigenvalue weighted by Crippen LogP contribution is 2.25. The van der Waals surface area contributed by atoms with Crippen molar-refractivity contribution < 1.29 is 9.53 Å². The monoisotopic (exact) mass is 469 g/mol. The zero-order chi connectivity index (χ0) is 23.8. The van der Waals surface area contributed by atoms with Gasteiger partial charge in [0.1, 0.15) is 11.6 Å². The number of nitriles is 1. The molecule has 0 aliphatic heterocycles. The summed E-state index contributed by atoms with van der Waals surface area (Å²) < 4.78 is 7.54. The lowest BCUT2D eigenvalue weighted by atomic mass is 10.1. The van der Waals surface area contributed by atoms with Crippen LogP contribution in [0.4, 0.5) is 5.69 Å². The van der Waals surface area contributed by atoms with Crippen LogP contribution in [-0.2, 0) is 11.2 Å². The molecule has 1 amide bonds. The first-order valence-electron chi connectivity index (χ1n) is 10.8. The molecule has 1 aromatic heterocycles. The summed E-state index contributed by atoms with van der Waals surface area (Å²) in [7, 11) is 0. The van der Waals surface area contributed by atoms with E-state index in [1.807, 2.05) is 54.0 Å². The third kappa shape index (κ3) is 5.82. The Bertz CT molecular complexity index is 1280. The summed E-state index contributed by atoms with van der Waals surface area (Å²) in [5.74, 6) is 1.58. The molecule has 0 bridgehead atoms. The van der Waals surface area contributed by atoms with Crippen LogP contribution in [0, 0.1) is 11.3 Å². The van der Waals surface area contributed by atoms with Crippen molar-refractivity contribution in [3.05, 3.63) is 95.8 Å². The largest absolute Gasteiger partial charge is 0.494 e. The molecule has 4 aromatic rings. The highest BCUT2D eigenvalue weighted by Gasteiger charge is 2.17. The number of aromatic nitrogens is 3. The summed E-state index contributed by atoms with van der Waals surface area (Å²) in [6.45, 7) is 2.55. The molecule has 170 valence electrons. The standard InChI is InChI=1S/C26H23N5O2S/c1-2-33-23-14-12-22(13-15-23)31-24(16-19-6-4-3-5-7-19)29-30-26(31)34-18-25(32)28-21-10-8-20(17-27)9-11-21/h3-15H,2,16,18H2,1H3,(H,28,32). The first kappa shape index (κ1) is 23.1.